The van der Waals surface area contributed by atoms with Crippen LogP contribution in [0.15, 0.2) is 11.0 Å². The number of imidazole rings is 1. The fourth-order valence-corrected chi connectivity index (χ4v) is 0.718. The molecule has 1 rings (SSSR count). The summed E-state index contributed by atoms with van der Waals surface area (Å²) < 4.78 is 2.55. The number of aromatic nitrogens is 2. The highest BCUT2D eigenvalue weighted by molar-refractivity contribution is 4.96. The van der Waals surface area contributed by atoms with Crippen LogP contribution in [-0.2, 0) is 7.05 Å². The lowest BCUT2D eigenvalue weighted by molar-refractivity contribution is 0.801. The molecule has 0 spiro atoms. The number of aryl methyl sites for hydroxylation is 2. The summed E-state index contributed by atoms with van der Waals surface area (Å²) in [6, 6.07) is 0. The van der Waals surface area contributed by atoms with Crippen molar-refractivity contribution < 1.29 is 0 Å². The van der Waals surface area contributed by atoms with E-state index in [1.807, 2.05) is 13.8 Å². The third-order valence-corrected chi connectivity index (χ3v) is 1.27. The Morgan fingerprint density at radius 2 is 1.91 bits per heavy atom. The fourth-order valence-electron chi connectivity index (χ4n) is 0.718. The standard InChI is InChI=1S/C5H9N3O.C2H6/c1-4-3-7(2)5(9)8(4)6;1-2/h3H,6H2,1-2H3;1-2H3. The van der Waals surface area contributed by atoms with Crippen molar-refractivity contribution in [1.29, 1.82) is 0 Å². The molecule has 0 atom stereocenters. The molecule has 0 radical (unpaired) electrons. The third-order valence-electron chi connectivity index (χ3n) is 1.27. The Labute approximate surface area is 66.2 Å². The van der Waals surface area contributed by atoms with Crippen molar-refractivity contribution in [3.8, 4) is 0 Å². The number of nitrogen functional groups attached to an aromatic ring is 1. The molecule has 0 unspecified atom stereocenters. The number of nitrogens with two attached hydrogens (primary N) is 1. The van der Waals surface area contributed by atoms with Gasteiger partial charge in [0.1, 0.15) is 0 Å². The number of hydrogen-bond acceptors (Lipinski definition) is 2. The predicted molar refractivity (Wildman–Crippen MR) is 45.9 cm³/mol. The van der Waals surface area contributed by atoms with Crippen LogP contribution in [0.1, 0.15) is 19.5 Å². The second-order valence-corrected chi connectivity index (χ2v) is 2.03. The molecule has 1 aromatic rings. The summed E-state index contributed by atoms with van der Waals surface area (Å²) in [5.74, 6) is 5.29. The quantitative estimate of drug-likeness (QED) is 0.548. The fraction of sp³-hybridized carbons (Fsp3) is 0.571. The van der Waals surface area contributed by atoms with Gasteiger partial charge in [0.05, 0.1) is 5.69 Å². The Balaban J connectivity index is 0.000000461. The molecule has 0 aliphatic carbocycles. The van der Waals surface area contributed by atoms with E-state index < -0.39 is 0 Å². The molecule has 0 amide bonds. The molecular formula is C7H15N3O. The van der Waals surface area contributed by atoms with Gasteiger partial charge >= 0.3 is 5.69 Å². The minimum absolute atomic E-state index is 0.187. The van der Waals surface area contributed by atoms with Crippen LogP contribution in [0.4, 0.5) is 0 Å². The Morgan fingerprint density at radius 3 is 2.00 bits per heavy atom. The van der Waals surface area contributed by atoms with E-state index >= 15 is 0 Å². The van der Waals surface area contributed by atoms with E-state index in [4.69, 9.17) is 5.84 Å². The first-order chi connectivity index (χ1) is 5.13. The van der Waals surface area contributed by atoms with Crippen molar-refractivity contribution in [1.82, 2.24) is 9.24 Å². The number of hydrogen-bond donors (Lipinski definition) is 1. The van der Waals surface area contributed by atoms with E-state index in [1.54, 1.807) is 20.2 Å². The highest BCUT2D eigenvalue weighted by Crippen LogP contribution is 1.85. The molecule has 0 aliphatic rings. The SMILES string of the molecule is CC.Cc1cn(C)c(=O)n1N. The normalized spacial score (nSPS) is 8.73. The summed E-state index contributed by atoms with van der Waals surface area (Å²) in [5.41, 5.74) is 0.579. The zero-order chi connectivity index (χ0) is 9.02. The van der Waals surface area contributed by atoms with Gasteiger partial charge in [-0.15, -0.1) is 0 Å². The maximum absolute atomic E-state index is 10.8. The maximum Gasteiger partial charge on any atom is 0.346 e. The molecule has 64 valence electrons. The second kappa shape index (κ2) is 3.85. The zero-order valence-corrected chi connectivity index (χ0v) is 7.46. The van der Waals surface area contributed by atoms with Gasteiger partial charge in [-0.05, 0) is 6.92 Å². The van der Waals surface area contributed by atoms with Crippen LogP contribution in [0.2, 0.25) is 0 Å². The van der Waals surface area contributed by atoms with Gasteiger partial charge in [-0.2, -0.15) is 0 Å². The van der Waals surface area contributed by atoms with E-state index in [0.29, 0.717) is 0 Å². The molecule has 0 fully saturated rings. The van der Waals surface area contributed by atoms with Crippen molar-refractivity contribution in [2.45, 2.75) is 20.8 Å². The van der Waals surface area contributed by atoms with Crippen LogP contribution in [-0.4, -0.2) is 9.24 Å². The van der Waals surface area contributed by atoms with Crippen LogP contribution in [0, 0.1) is 6.92 Å². The Kier molecular flexibility index (Phi) is 3.44. The summed E-state index contributed by atoms with van der Waals surface area (Å²) in [6.45, 7) is 5.78. The van der Waals surface area contributed by atoms with E-state index in [2.05, 4.69) is 0 Å². The molecule has 0 saturated carbocycles. The second-order valence-electron chi connectivity index (χ2n) is 2.03. The molecule has 0 bridgehead atoms. The van der Waals surface area contributed by atoms with Crippen molar-refractivity contribution in [3.63, 3.8) is 0 Å². The van der Waals surface area contributed by atoms with Crippen molar-refractivity contribution in [3.05, 3.63) is 22.4 Å². The molecule has 2 N–H and O–H groups in total. The van der Waals surface area contributed by atoms with Crippen LogP contribution >= 0.6 is 0 Å². The Morgan fingerprint density at radius 1 is 1.45 bits per heavy atom. The van der Waals surface area contributed by atoms with Gasteiger partial charge in [0.15, 0.2) is 0 Å². The zero-order valence-electron chi connectivity index (χ0n) is 7.46. The summed E-state index contributed by atoms with van der Waals surface area (Å²) in [4.78, 5) is 10.8. The topological polar surface area (TPSA) is 53.0 Å². The van der Waals surface area contributed by atoms with E-state index in [9.17, 15) is 4.79 Å². The average molecular weight is 157 g/mol. The van der Waals surface area contributed by atoms with Gasteiger partial charge in [0, 0.05) is 13.2 Å². The lowest BCUT2D eigenvalue weighted by Crippen LogP contribution is -2.28. The number of rotatable bonds is 0. The van der Waals surface area contributed by atoms with Crippen LogP contribution in [0.5, 0.6) is 0 Å². The van der Waals surface area contributed by atoms with Crippen LogP contribution in [0.3, 0.4) is 0 Å². The number of nitrogens with zero attached hydrogens (tertiary/aromatic N) is 2. The molecule has 0 saturated heterocycles. The largest absolute Gasteiger partial charge is 0.346 e. The minimum atomic E-state index is -0.187. The van der Waals surface area contributed by atoms with Gasteiger partial charge in [0.25, 0.3) is 0 Å². The van der Waals surface area contributed by atoms with Crippen molar-refractivity contribution in [2.24, 2.45) is 7.05 Å². The van der Waals surface area contributed by atoms with Crippen molar-refractivity contribution in [2.75, 3.05) is 5.84 Å². The molecule has 0 aliphatic heterocycles. The van der Waals surface area contributed by atoms with E-state index in [0.717, 1.165) is 10.4 Å². The molecule has 11 heavy (non-hydrogen) atoms. The monoisotopic (exact) mass is 157 g/mol. The minimum Gasteiger partial charge on any atom is -0.335 e. The molecule has 1 aromatic heterocycles. The maximum atomic E-state index is 10.8. The first-order valence-corrected chi connectivity index (χ1v) is 3.63. The molecule has 1 heterocycles. The lowest BCUT2D eigenvalue weighted by Gasteiger charge is -1.87. The summed E-state index contributed by atoms with van der Waals surface area (Å²) in [6.07, 6.45) is 1.68. The molecule has 4 nitrogen and oxygen atoms in total. The Hall–Kier alpha value is -1.19. The Bertz CT molecular complexity index is 272. The highest BCUT2D eigenvalue weighted by atomic mass is 16.2. The third kappa shape index (κ3) is 1.86. The van der Waals surface area contributed by atoms with Gasteiger partial charge in [0.2, 0.25) is 0 Å². The van der Waals surface area contributed by atoms with Crippen molar-refractivity contribution >= 4 is 0 Å². The van der Waals surface area contributed by atoms with E-state index in [-0.39, 0.29) is 5.69 Å². The molecular weight excluding hydrogens is 142 g/mol. The molecule has 4 heteroatoms. The molecule has 0 aromatic carbocycles. The summed E-state index contributed by atoms with van der Waals surface area (Å²) in [5, 5.41) is 0. The van der Waals surface area contributed by atoms with Gasteiger partial charge < -0.3 is 10.4 Å². The van der Waals surface area contributed by atoms with E-state index in [1.165, 1.54) is 4.57 Å². The van der Waals surface area contributed by atoms with Crippen LogP contribution < -0.4 is 11.5 Å². The van der Waals surface area contributed by atoms with Gasteiger partial charge in [-0.3, -0.25) is 0 Å². The average Bonchev–Trinajstić information content (AvgIpc) is 2.22. The van der Waals surface area contributed by atoms with Gasteiger partial charge in [-0.1, -0.05) is 13.8 Å². The van der Waals surface area contributed by atoms with Gasteiger partial charge in [-0.25, -0.2) is 9.47 Å². The predicted octanol–water partition coefficient (Wildman–Crippen LogP) is 0.235. The smallest absolute Gasteiger partial charge is 0.335 e. The summed E-state index contributed by atoms with van der Waals surface area (Å²) in [7, 11) is 1.67. The summed E-state index contributed by atoms with van der Waals surface area (Å²) >= 11 is 0. The highest BCUT2D eigenvalue weighted by Gasteiger charge is 1.98. The lowest BCUT2D eigenvalue weighted by atomic mass is 10.6. The first-order valence-electron chi connectivity index (χ1n) is 3.63. The van der Waals surface area contributed by atoms with Crippen LogP contribution in [0.25, 0.3) is 0 Å². The first kappa shape index (κ1) is 9.81.